The normalized spacial score (nSPS) is 13.9. The van der Waals surface area contributed by atoms with Crippen molar-refractivity contribution in [3.8, 4) is 0 Å². The molecule has 0 unspecified atom stereocenters. The topological polar surface area (TPSA) is 83.2 Å². The minimum Gasteiger partial charge on any atom is -0.444 e. The Kier molecular flexibility index (Phi) is 8.33. The van der Waals surface area contributed by atoms with Crippen LogP contribution in [0.1, 0.15) is 53.5 Å². The second-order valence-electron chi connectivity index (χ2n) is 8.53. The maximum atomic E-state index is 13.1. The summed E-state index contributed by atoms with van der Waals surface area (Å²) in [5, 5.41) is 7.67. The molecule has 0 spiro atoms. The molecule has 2 rings (SSSR count). The van der Waals surface area contributed by atoms with Crippen LogP contribution in [0.2, 0.25) is 0 Å². The Hall–Kier alpha value is -2.99. The zero-order valence-corrected chi connectivity index (χ0v) is 20.5. The predicted molar refractivity (Wildman–Crippen MR) is 132 cm³/mol. The van der Waals surface area contributed by atoms with Gasteiger partial charge in [-0.2, -0.15) is 0 Å². The highest BCUT2D eigenvalue weighted by molar-refractivity contribution is 6.52. The first-order valence-corrected chi connectivity index (χ1v) is 11.0. The smallest absolute Gasteiger partial charge is 0.412 e. The third-order valence-corrected chi connectivity index (χ3v) is 5.25. The fourth-order valence-corrected chi connectivity index (χ4v) is 3.38. The number of amides is 2. The lowest BCUT2D eigenvalue weighted by Gasteiger charge is -2.20. The van der Waals surface area contributed by atoms with E-state index in [1.807, 2.05) is 32.2 Å². The number of benzene rings is 1. The van der Waals surface area contributed by atoms with Crippen molar-refractivity contribution in [2.75, 3.05) is 10.6 Å². The van der Waals surface area contributed by atoms with E-state index < -0.39 is 11.7 Å². The third-order valence-electron chi connectivity index (χ3n) is 4.84. The van der Waals surface area contributed by atoms with Crippen molar-refractivity contribution < 1.29 is 14.3 Å². The van der Waals surface area contributed by atoms with Crippen molar-refractivity contribution in [3.05, 3.63) is 58.2 Å². The van der Waals surface area contributed by atoms with Crippen LogP contribution in [0.5, 0.6) is 0 Å². The molecule has 32 heavy (non-hydrogen) atoms. The van der Waals surface area contributed by atoms with Crippen molar-refractivity contribution in [1.82, 2.24) is 4.98 Å². The lowest BCUT2D eigenvalue weighted by atomic mass is 10.1. The number of aryl methyl sites for hydroxylation is 1. The second kappa shape index (κ2) is 10.6. The molecule has 0 saturated heterocycles. The van der Waals surface area contributed by atoms with Crippen molar-refractivity contribution >= 4 is 45.6 Å². The first-order valence-electron chi connectivity index (χ1n) is 10.6. The van der Waals surface area contributed by atoms with Gasteiger partial charge in [-0.1, -0.05) is 30.7 Å². The maximum Gasteiger partial charge on any atom is 0.412 e. The van der Waals surface area contributed by atoms with Crippen LogP contribution in [-0.2, 0) is 9.53 Å². The largest absolute Gasteiger partial charge is 0.444 e. The van der Waals surface area contributed by atoms with Crippen LogP contribution >= 0.6 is 11.6 Å². The average molecular weight is 458 g/mol. The van der Waals surface area contributed by atoms with Crippen LogP contribution in [0.3, 0.4) is 0 Å². The highest BCUT2D eigenvalue weighted by atomic mass is 35.5. The van der Waals surface area contributed by atoms with Crippen LogP contribution in [0, 0.1) is 6.92 Å². The number of hydrogen-bond acceptors (Lipinski definition) is 3. The van der Waals surface area contributed by atoms with Gasteiger partial charge in [0.25, 0.3) is 5.91 Å². The Morgan fingerprint density at radius 1 is 1.19 bits per heavy atom. The highest BCUT2D eigenvalue weighted by Crippen LogP contribution is 2.23. The van der Waals surface area contributed by atoms with E-state index in [0.29, 0.717) is 22.0 Å². The molecule has 0 saturated carbocycles. The third kappa shape index (κ3) is 6.50. The molecule has 3 N–H and O–H groups in total. The quantitative estimate of drug-likeness (QED) is 0.541. The van der Waals surface area contributed by atoms with E-state index in [2.05, 4.69) is 22.5 Å². The van der Waals surface area contributed by atoms with Crippen LogP contribution in [-0.4, -0.2) is 22.6 Å². The monoisotopic (exact) mass is 457 g/mol. The summed E-state index contributed by atoms with van der Waals surface area (Å²) in [5.74, 6) is -0.337. The van der Waals surface area contributed by atoms with Crippen LogP contribution in [0.25, 0.3) is 10.6 Å². The zero-order chi connectivity index (χ0) is 24.1. The number of hydrogen-bond donors (Lipinski definition) is 3. The molecule has 6 nitrogen and oxygen atoms in total. The van der Waals surface area contributed by atoms with Crippen LogP contribution in [0.4, 0.5) is 16.2 Å². The lowest BCUT2D eigenvalue weighted by Crippen LogP contribution is -2.28. The van der Waals surface area contributed by atoms with Gasteiger partial charge in [-0.15, -0.1) is 0 Å². The van der Waals surface area contributed by atoms with Gasteiger partial charge in [0, 0.05) is 28.1 Å². The summed E-state index contributed by atoms with van der Waals surface area (Å²) in [7, 11) is 0. The van der Waals surface area contributed by atoms with Gasteiger partial charge in [-0.05, 0) is 77.3 Å². The number of allylic oxidation sites excluding steroid dienone is 1. The van der Waals surface area contributed by atoms with E-state index in [1.54, 1.807) is 45.9 Å². The molecule has 1 aromatic heterocycles. The number of H-pyrrole nitrogens is 1. The first-order chi connectivity index (χ1) is 15.0. The number of rotatable bonds is 5. The molecule has 0 aliphatic rings. The van der Waals surface area contributed by atoms with E-state index >= 15 is 0 Å². The van der Waals surface area contributed by atoms with Crippen molar-refractivity contribution in [2.24, 2.45) is 0 Å². The molecule has 0 bridgehead atoms. The molecule has 2 amide bonds. The molecule has 0 aliphatic carbocycles. The number of aromatic amines is 1. The van der Waals surface area contributed by atoms with Gasteiger partial charge >= 0.3 is 6.09 Å². The number of carbonyl (C=O) groups excluding carboxylic acids is 2. The van der Waals surface area contributed by atoms with Crippen molar-refractivity contribution in [2.45, 2.75) is 60.5 Å². The highest BCUT2D eigenvalue weighted by Gasteiger charge is 2.18. The number of halogens is 1. The lowest BCUT2D eigenvalue weighted by molar-refractivity contribution is -0.112. The Morgan fingerprint density at radius 3 is 2.47 bits per heavy atom. The van der Waals surface area contributed by atoms with E-state index in [4.69, 9.17) is 16.3 Å². The number of anilines is 2. The van der Waals surface area contributed by atoms with Gasteiger partial charge in [0.15, 0.2) is 0 Å². The van der Waals surface area contributed by atoms with E-state index in [0.717, 1.165) is 28.1 Å². The molecule has 1 aromatic carbocycles. The summed E-state index contributed by atoms with van der Waals surface area (Å²) in [5.41, 5.74) is 2.83. The summed E-state index contributed by atoms with van der Waals surface area (Å²) >= 11 is 6.66. The van der Waals surface area contributed by atoms with E-state index in [9.17, 15) is 9.59 Å². The summed E-state index contributed by atoms with van der Waals surface area (Å²) in [6.07, 6.45) is 3.80. The first kappa shape index (κ1) is 25.3. The Bertz CT molecular complexity index is 1150. The predicted octanol–water partition coefficient (Wildman–Crippen LogP) is 5.18. The standard InChI is InChI=1S/C25H32ClN3O3/c1-8-15(3)22-19(12-13-27-22)21(26)18(9-2)23(30)29-20-14-17(11-10-16(20)4)28-24(31)32-25(5,6)7/h9-14,27H,8H2,1-7H3,(H,28,31)(H,29,30)/b18-9+,21-19+,22-15-. The molecule has 2 aromatic rings. The number of ether oxygens (including phenoxy) is 1. The molecule has 0 aliphatic heterocycles. The van der Waals surface area contributed by atoms with Gasteiger partial charge in [0.05, 0.1) is 10.6 Å². The van der Waals surface area contributed by atoms with Gasteiger partial charge in [0.2, 0.25) is 0 Å². The number of nitrogens with one attached hydrogen (secondary N) is 3. The summed E-state index contributed by atoms with van der Waals surface area (Å²) < 4.78 is 5.29. The number of aromatic nitrogens is 1. The Balaban J connectivity index is 2.33. The van der Waals surface area contributed by atoms with E-state index in [1.165, 1.54) is 0 Å². The summed E-state index contributed by atoms with van der Waals surface area (Å²) in [6, 6.07) is 7.12. The van der Waals surface area contributed by atoms with Gasteiger partial charge in [-0.3, -0.25) is 10.1 Å². The average Bonchev–Trinajstić information content (AvgIpc) is 3.18. The second-order valence-corrected chi connectivity index (χ2v) is 8.91. The Labute approximate surface area is 194 Å². The minimum absolute atomic E-state index is 0.337. The molecule has 0 atom stereocenters. The molecule has 172 valence electrons. The maximum absolute atomic E-state index is 13.1. The molecular weight excluding hydrogens is 426 g/mol. The summed E-state index contributed by atoms with van der Waals surface area (Å²) in [6.45, 7) is 13.1. The van der Waals surface area contributed by atoms with Crippen molar-refractivity contribution in [1.29, 1.82) is 0 Å². The zero-order valence-electron chi connectivity index (χ0n) is 19.8. The van der Waals surface area contributed by atoms with Gasteiger partial charge in [0.1, 0.15) is 5.60 Å². The molecule has 0 fully saturated rings. The Morgan fingerprint density at radius 2 is 1.88 bits per heavy atom. The van der Waals surface area contributed by atoms with Crippen LogP contribution in [0.15, 0.2) is 42.1 Å². The van der Waals surface area contributed by atoms with Crippen LogP contribution < -0.4 is 21.2 Å². The van der Waals surface area contributed by atoms with Gasteiger partial charge < -0.3 is 15.0 Å². The molecule has 7 heteroatoms. The fourth-order valence-electron chi connectivity index (χ4n) is 3.03. The number of carbonyl (C=O) groups is 2. The SMILES string of the molecule is C\C=C(C(=O)Nc1cc(NC(=O)OC(C)(C)C)ccc1C)/C(Cl)=c1/cc[nH]/c1=C(/C)CC. The molecule has 0 radical (unpaired) electrons. The molecule has 1 heterocycles. The fraction of sp³-hybridized carbons (Fsp3) is 0.360. The minimum atomic E-state index is -0.607. The van der Waals surface area contributed by atoms with Gasteiger partial charge in [-0.25, -0.2) is 4.79 Å². The molecular formula is C25H32ClN3O3. The van der Waals surface area contributed by atoms with E-state index in [-0.39, 0.29) is 5.91 Å². The van der Waals surface area contributed by atoms with Crippen molar-refractivity contribution in [3.63, 3.8) is 0 Å². The summed E-state index contributed by atoms with van der Waals surface area (Å²) in [4.78, 5) is 28.4.